The molecule has 2 heterocycles. The molecule has 5 nitrogen and oxygen atoms in total. The lowest BCUT2D eigenvalue weighted by Crippen LogP contribution is -2.50. The molecule has 1 saturated heterocycles. The molecule has 7 heteroatoms. The van der Waals surface area contributed by atoms with Crippen molar-refractivity contribution in [2.75, 3.05) is 19.6 Å². The van der Waals surface area contributed by atoms with E-state index >= 15 is 0 Å². The molecule has 3 rings (SSSR count). The molecule has 0 unspecified atom stereocenters. The highest BCUT2D eigenvalue weighted by atomic mass is 35.5. The van der Waals surface area contributed by atoms with E-state index in [-0.39, 0.29) is 23.5 Å². The molecule has 208 valence electrons. The van der Waals surface area contributed by atoms with Gasteiger partial charge in [-0.05, 0) is 88.1 Å². The number of carbonyl (C=O) groups is 2. The highest BCUT2D eigenvalue weighted by Gasteiger charge is 2.29. The van der Waals surface area contributed by atoms with Crippen molar-refractivity contribution in [3.05, 3.63) is 63.7 Å². The average Bonchev–Trinajstić information content (AvgIpc) is 2.85. The van der Waals surface area contributed by atoms with E-state index in [9.17, 15) is 14.0 Å². The summed E-state index contributed by atoms with van der Waals surface area (Å²) >= 11 is 6.02. The largest absolute Gasteiger partial charge is 0.339 e. The number of benzene rings is 1. The smallest absolute Gasteiger partial charge is 0.227 e. The molecule has 0 N–H and O–H groups in total. The van der Waals surface area contributed by atoms with Gasteiger partial charge in [0.2, 0.25) is 5.91 Å². The summed E-state index contributed by atoms with van der Waals surface area (Å²) in [6.45, 7) is 13.0. The molecule has 1 aromatic carbocycles. The van der Waals surface area contributed by atoms with Gasteiger partial charge in [0.05, 0.1) is 12.1 Å². The zero-order chi connectivity index (χ0) is 27.8. The van der Waals surface area contributed by atoms with E-state index < -0.39 is 0 Å². The Balaban J connectivity index is 1.50. The highest BCUT2D eigenvalue weighted by Crippen LogP contribution is 2.24. The Kier molecular flexibility index (Phi) is 11.3. The fraction of sp³-hybridized carbons (Fsp3) is 0.581. The molecule has 38 heavy (non-hydrogen) atoms. The van der Waals surface area contributed by atoms with Gasteiger partial charge in [-0.15, -0.1) is 0 Å². The van der Waals surface area contributed by atoms with Crippen LogP contribution < -0.4 is 0 Å². The summed E-state index contributed by atoms with van der Waals surface area (Å²) in [5.74, 6) is 0.506. The molecule has 0 aliphatic carbocycles. The van der Waals surface area contributed by atoms with Crippen LogP contribution in [0.2, 0.25) is 5.15 Å². The Morgan fingerprint density at radius 1 is 1.11 bits per heavy atom. The second kappa shape index (κ2) is 14.2. The van der Waals surface area contributed by atoms with Crippen LogP contribution in [0.1, 0.15) is 86.5 Å². The van der Waals surface area contributed by atoms with Gasteiger partial charge in [-0.1, -0.05) is 37.6 Å². The molecule has 1 amide bonds. The lowest BCUT2D eigenvalue weighted by atomic mass is 9.96. The van der Waals surface area contributed by atoms with Crippen LogP contribution in [0, 0.1) is 25.6 Å². The molecule has 0 spiro atoms. The Hall–Kier alpha value is -2.31. The molecule has 0 saturated carbocycles. The third-order valence-corrected chi connectivity index (χ3v) is 7.96. The van der Waals surface area contributed by atoms with Crippen molar-refractivity contribution in [1.29, 1.82) is 0 Å². The molecule has 1 aliphatic rings. The fourth-order valence-corrected chi connectivity index (χ4v) is 5.79. The molecule has 1 fully saturated rings. The molecular weight excluding hydrogens is 501 g/mol. The number of likely N-dealkylation sites (tertiary alicyclic amines) is 1. The second-order valence-corrected chi connectivity index (χ2v) is 11.6. The summed E-state index contributed by atoms with van der Waals surface area (Å²) < 4.78 is 13.3. The van der Waals surface area contributed by atoms with E-state index in [0.717, 1.165) is 62.9 Å². The maximum atomic E-state index is 13.3. The van der Waals surface area contributed by atoms with Gasteiger partial charge in [0.1, 0.15) is 11.0 Å². The number of nitrogens with zero attached hydrogens (tertiary/aromatic N) is 3. The van der Waals surface area contributed by atoms with Gasteiger partial charge in [0.25, 0.3) is 0 Å². The number of hydrogen-bond acceptors (Lipinski definition) is 4. The third kappa shape index (κ3) is 8.60. The fourth-order valence-electron chi connectivity index (χ4n) is 5.50. The third-order valence-electron chi connectivity index (χ3n) is 7.77. The van der Waals surface area contributed by atoms with Crippen LogP contribution >= 0.6 is 11.6 Å². The standard InChI is InChI=1S/C31H43ClFN3O2/c1-21(2)13-18-36(30(38)20-25-9-11-26(33)12-10-25)27-14-16-35(17-15-27)23(4)7-6-8-28(37)31-22(3)19-29(32)34-24(31)5/h9-12,19,21,23,27H,6-8,13-18,20H2,1-5H3/t23-/m1/s1. The number of rotatable bonds is 12. The van der Waals surface area contributed by atoms with Crippen LogP contribution in [0.25, 0.3) is 0 Å². The van der Waals surface area contributed by atoms with Crippen LogP contribution in [-0.4, -0.2) is 58.2 Å². The van der Waals surface area contributed by atoms with Crippen molar-refractivity contribution < 1.29 is 14.0 Å². The van der Waals surface area contributed by atoms with Crippen molar-refractivity contribution in [2.24, 2.45) is 5.92 Å². The Morgan fingerprint density at radius 3 is 2.37 bits per heavy atom. The predicted octanol–water partition coefficient (Wildman–Crippen LogP) is 6.81. The maximum absolute atomic E-state index is 13.3. The molecule has 2 aromatic rings. The quantitative estimate of drug-likeness (QED) is 0.218. The lowest BCUT2D eigenvalue weighted by molar-refractivity contribution is -0.134. The number of piperidine rings is 1. The molecule has 0 radical (unpaired) electrons. The normalized spacial score (nSPS) is 15.6. The summed E-state index contributed by atoms with van der Waals surface area (Å²) in [4.78, 5) is 34.9. The monoisotopic (exact) mass is 543 g/mol. The molecular formula is C31H43ClFN3O2. The van der Waals surface area contributed by atoms with Crippen molar-refractivity contribution in [3.63, 3.8) is 0 Å². The minimum atomic E-state index is -0.282. The number of hydrogen-bond donors (Lipinski definition) is 0. The van der Waals surface area contributed by atoms with E-state index in [2.05, 4.69) is 35.6 Å². The Morgan fingerprint density at radius 2 is 1.76 bits per heavy atom. The maximum Gasteiger partial charge on any atom is 0.227 e. The van der Waals surface area contributed by atoms with Gasteiger partial charge in [-0.3, -0.25) is 9.59 Å². The SMILES string of the molecule is Cc1cc(Cl)nc(C)c1C(=O)CCC[C@@H](C)N1CCC(N(CCC(C)C)C(=O)Cc2ccc(F)cc2)CC1. The van der Waals surface area contributed by atoms with Gasteiger partial charge in [0, 0.05) is 43.7 Å². The Labute approximate surface area is 232 Å². The van der Waals surface area contributed by atoms with E-state index in [1.807, 2.05) is 13.8 Å². The predicted molar refractivity (Wildman–Crippen MR) is 152 cm³/mol. The first-order valence-corrected chi connectivity index (χ1v) is 14.4. The van der Waals surface area contributed by atoms with E-state index in [4.69, 9.17) is 11.6 Å². The number of aromatic nitrogens is 1. The summed E-state index contributed by atoms with van der Waals surface area (Å²) in [6, 6.07) is 8.61. The molecule has 0 bridgehead atoms. The van der Waals surface area contributed by atoms with Crippen LogP contribution in [-0.2, 0) is 11.2 Å². The van der Waals surface area contributed by atoms with Gasteiger partial charge in [0.15, 0.2) is 5.78 Å². The number of ketones is 1. The van der Waals surface area contributed by atoms with Gasteiger partial charge < -0.3 is 9.80 Å². The summed E-state index contributed by atoms with van der Waals surface area (Å²) in [5.41, 5.74) is 3.14. The van der Waals surface area contributed by atoms with Crippen molar-refractivity contribution >= 4 is 23.3 Å². The number of amides is 1. The van der Waals surface area contributed by atoms with Crippen LogP contribution in [0.3, 0.4) is 0 Å². The zero-order valence-electron chi connectivity index (χ0n) is 23.6. The van der Waals surface area contributed by atoms with Gasteiger partial charge >= 0.3 is 0 Å². The topological polar surface area (TPSA) is 53.5 Å². The first kappa shape index (κ1) is 30.2. The highest BCUT2D eigenvalue weighted by molar-refractivity contribution is 6.29. The van der Waals surface area contributed by atoms with Crippen LogP contribution in [0.4, 0.5) is 4.39 Å². The minimum Gasteiger partial charge on any atom is -0.339 e. The number of aryl methyl sites for hydroxylation is 2. The van der Waals surface area contributed by atoms with Crippen molar-refractivity contribution in [2.45, 2.75) is 91.6 Å². The van der Waals surface area contributed by atoms with Crippen molar-refractivity contribution in [3.8, 4) is 0 Å². The van der Waals surface area contributed by atoms with E-state index in [1.54, 1.807) is 18.2 Å². The molecule has 1 atom stereocenters. The molecule has 1 aliphatic heterocycles. The summed E-state index contributed by atoms with van der Waals surface area (Å²) in [6.07, 6.45) is 5.48. The second-order valence-electron chi connectivity index (χ2n) is 11.2. The number of pyridine rings is 1. The van der Waals surface area contributed by atoms with E-state index in [1.165, 1.54) is 12.1 Å². The number of carbonyl (C=O) groups excluding carboxylic acids is 2. The minimum absolute atomic E-state index is 0.129. The summed E-state index contributed by atoms with van der Waals surface area (Å²) in [5, 5.41) is 0.425. The average molecular weight is 544 g/mol. The first-order chi connectivity index (χ1) is 18.0. The first-order valence-electron chi connectivity index (χ1n) is 14.0. The molecule has 1 aromatic heterocycles. The van der Waals surface area contributed by atoms with Gasteiger partial charge in [-0.25, -0.2) is 9.37 Å². The van der Waals surface area contributed by atoms with Crippen LogP contribution in [0.5, 0.6) is 0 Å². The zero-order valence-corrected chi connectivity index (χ0v) is 24.4. The van der Waals surface area contributed by atoms with Crippen LogP contribution in [0.15, 0.2) is 30.3 Å². The Bertz CT molecular complexity index is 1060. The lowest BCUT2D eigenvalue weighted by Gasteiger charge is -2.41. The number of Topliss-reactive ketones (excluding diaryl/α,β-unsaturated/α-hetero) is 1. The van der Waals surface area contributed by atoms with Crippen molar-refractivity contribution in [1.82, 2.24) is 14.8 Å². The van der Waals surface area contributed by atoms with Gasteiger partial charge in [-0.2, -0.15) is 0 Å². The summed E-state index contributed by atoms with van der Waals surface area (Å²) in [7, 11) is 0. The van der Waals surface area contributed by atoms with E-state index in [0.29, 0.717) is 41.2 Å². The number of halogens is 2.